The van der Waals surface area contributed by atoms with Gasteiger partial charge in [0.25, 0.3) is 0 Å². The monoisotopic (exact) mass is 802 g/mol. The molecule has 0 amide bonds. The third kappa shape index (κ3) is 4.93. The summed E-state index contributed by atoms with van der Waals surface area (Å²) in [4.78, 5) is 11.0. The molecule has 5 heteroatoms. The lowest BCUT2D eigenvalue weighted by Crippen LogP contribution is -2.03. The van der Waals surface area contributed by atoms with Crippen molar-refractivity contribution < 1.29 is 4.42 Å². The van der Waals surface area contributed by atoms with E-state index < -0.39 is 0 Å². The number of aromatic nitrogens is 4. The standard InChI is InChI=1S/C58H34N4O/c1-4-14-35(15-5-1)38-24-26-39(27-25-38)54-57-55(43-21-11-13-23-51(43)63-57)60-58(59-54)62-49-31-29-41(37-18-8-3-9-19-37)33-46(49)52-50(62)34-45-44-32-40(36-16-6-2-7-17-36)28-30-48(44)61-47-22-12-10-20-42(47)53(52)56(45)61/h1-34H. The number of rotatable bonds is 5. The lowest BCUT2D eigenvalue weighted by molar-refractivity contribution is 0.666. The highest BCUT2D eigenvalue weighted by atomic mass is 16.3. The molecule has 0 N–H and O–H groups in total. The van der Waals surface area contributed by atoms with E-state index in [-0.39, 0.29) is 0 Å². The van der Waals surface area contributed by atoms with E-state index in [0.717, 1.165) is 55.3 Å². The maximum absolute atomic E-state index is 6.65. The molecule has 5 nitrogen and oxygen atoms in total. The smallest absolute Gasteiger partial charge is 0.236 e. The van der Waals surface area contributed by atoms with E-state index in [1.807, 2.05) is 24.3 Å². The lowest BCUT2D eigenvalue weighted by atomic mass is 9.98. The molecule has 0 spiro atoms. The molecule has 63 heavy (non-hydrogen) atoms. The Kier molecular flexibility index (Phi) is 7.05. The minimum Gasteiger partial charge on any atom is -0.452 e. The van der Waals surface area contributed by atoms with Crippen LogP contribution < -0.4 is 0 Å². The molecule has 0 fully saturated rings. The third-order valence-electron chi connectivity index (χ3n) is 13.1. The first-order valence-electron chi connectivity index (χ1n) is 21.4. The topological polar surface area (TPSA) is 48.3 Å². The van der Waals surface area contributed by atoms with Gasteiger partial charge in [0.15, 0.2) is 5.58 Å². The molecular weight excluding hydrogens is 769 g/mol. The van der Waals surface area contributed by atoms with Gasteiger partial charge in [0.05, 0.1) is 27.6 Å². The van der Waals surface area contributed by atoms with Crippen LogP contribution in [0.4, 0.5) is 0 Å². The Morgan fingerprint density at radius 2 is 0.889 bits per heavy atom. The lowest BCUT2D eigenvalue weighted by Gasteiger charge is -2.11. The van der Waals surface area contributed by atoms with Gasteiger partial charge in [0.2, 0.25) is 5.95 Å². The summed E-state index contributed by atoms with van der Waals surface area (Å²) in [6.07, 6.45) is 0. The first-order chi connectivity index (χ1) is 31.2. The van der Waals surface area contributed by atoms with Crippen molar-refractivity contribution in [3.8, 4) is 50.6 Å². The predicted octanol–water partition coefficient (Wildman–Crippen LogP) is 15.3. The average molecular weight is 803 g/mol. The molecule has 0 aliphatic heterocycles. The second-order valence-electron chi connectivity index (χ2n) is 16.5. The van der Waals surface area contributed by atoms with Crippen molar-refractivity contribution in [2.24, 2.45) is 0 Å². The second-order valence-corrected chi connectivity index (χ2v) is 16.5. The zero-order valence-electron chi connectivity index (χ0n) is 33.8. The van der Waals surface area contributed by atoms with Gasteiger partial charge in [-0.3, -0.25) is 4.57 Å². The summed E-state index contributed by atoms with van der Waals surface area (Å²) in [5.41, 5.74) is 16.7. The molecule has 14 rings (SSSR count). The van der Waals surface area contributed by atoms with Gasteiger partial charge in [-0.25, -0.2) is 9.97 Å². The van der Waals surface area contributed by atoms with Gasteiger partial charge in [-0.05, 0) is 81.9 Å². The van der Waals surface area contributed by atoms with Crippen LogP contribution in [0, 0.1) is 0 Å². The van der Waals surface area contributed by atoms with Crippen LogP contribution in [-0.2, 0) is 0 Å². The average Bonchev–Trinajstić information content (AvgIpc) is 4.09. The van der Waals surface area contributed by atoms with Crippen LogP contribution in [0.1, 0.15) is 0 Å². The van der Waals surface area contributed by atoms with Crippen LogP contribution in [0.5, 0.6) is 0 Å². The molecule has 5 aromatic heterocycles. The summed E-state index contributed by atoms with van der Waals surface area (Å²) >= 11 is 0. The fourth-order valence-electron chi connectivity index (χ4n) is 10.2. The molecule has 292 valence electrons. The summed E-state index contributed by atoms with van der Waals surface area (Å²) < 4.78 is 11.4. The largest absolute Gasteiger partial charge is 0.452 e. The summed E-state index contributed by atoms with van der Waals surface area (Å²) in [6.45, 7) is 0. The van der Waals surface area contributed by atoms with Crippen LogP contribution in [0.2, 0.25) is 0 Å². The molecule has 9 aromatic carbocycles. The van der Waals surface area contributed by atoms with E-state index in [1.54, 1.807) is 0 Å². The van der Waals surface area contributed by atoms with E-state index in [2.05, 4.69) is 191 Å². The Hall–Kier alpha value is -8.54. The molecule has 0 radical (unpaired) electrons. The number of hydrogen-bond acceptors (Lipinski definition) is 3. The number of nitrogens with zero attached hydrogens (tertiary/aromatic N) is 4. The Labute approximate surface area is 360 Å². The van der Waals surface area contributed by atoms with Gasteiger partial charge in [0.1, 0.15) is 16.8 Å². The van der Waals surface area contributed by atoms with E-state index in [4.69, 9.17) is 14.4 Å². The molecule has 0 saturated heterocycles. The molecular formula is C58H34N4O. The normalized spacial score (nSPS) is 12.1. The minimum absolute atomic E-state index is 0.593. The van der Waals surface area contributed by atoms with Gasteiger partial charge in [0, 0.05) is 43.3 Å². The number of para-hydroxylation sites is 2. The molecule has 0 saturated carbocycles. The van der Waals surface area contributed by atoms with Crippen LogP contribution in [0.15, 0.2) is 211 Å². The fraction of sp³-hybridized carbons (Fsp3) is 0. The van der Waals surface area contributed by atoms with Gasteiger partial charge in [-0.15, -0.1) is 0 Å². The fourth-order valence-corrected chi connectivity index (χ4v) is 10.2. The summed E-state index contributed by atoms with van der Waals surface area (Å²) in [5, 5.41) is 8.14. The zero-order valence-corrected chi connectivity index (χ0v) is 33.8. The third-order valence-corrected chi connectivity index (χ3v) is 13.1. The molecule has 0 aliphatic carbocycles. The number of furan rings is 1. The molecule has 0 aliphatic rings. The first-order valence-corrected chi connectivity index (χ1v) is 21.4. The van der Waals surface area contributed by atoms with E-state index in [0.29, 0.717) is 11.5 Å². The minimum atomic E-state index is 0.593. The van der Waals surface area contributed by atoms with E-state index >= 15 is 0 Å². The van der Waals surface area contributed by atoms with Gasteiger partial charge in [-0.2, -0.15) is 0 Å². The van der Waals surface area contributed by atoms with Crippen LogP contribution >= 0.6 is 0 Å². The Bertz CT molecular complexity index is 4110. The molecule has 0 bridgehead atoms. The van der Waals surface area contributed by atoms with Gasteiger partial charge in [-0.1, -0.05) is 158 Å². The first kappa shape index (κ1) is 34.2. The van der Waals surface area contributed by atoms with Crippen molar-refractivity contribution in [2.45, 2.75) is 0 Å². The highest BCUT2D eigenvalue weighted by Crippen LogP contribution is 2.48. The van der Waals surface area contributed by atoms with Crippen molar-refractivity contribution in [1.29, 1.82) is 0 Å². The van der Waals surface area contributed by atoms with Crippen molar-refractivity contribution >= 4 is 82.0 Å². The maximum Gasteiger partial charge on any atom is 0.236 e. The van der Waals surface area contributed by atoms with Crippen molar-refractivity contribution in [1.82, 2.24) is 18.9 Å². The van der Waals surface area contributed by atoms with Gasteiger partial charge >= 0.3 is 0 Å². The quantitative estimate of drug-likeness (QED) is 0.174. The Balaban J connectivity index is 1.13. The van der Waals surface area contributed by atoms with Crippen molar-refractivity contribution in [3.63, 3.8) is 0 Å². The summed E-state index contributed by atoms with van der Waals surface area (Å²) in [7, 11) is 0. The van der Waals surface area contributed by atoms with Crippen molar-refractivity contribution in [2.75, 3.05) is 0 Å². The van der Waals surface area contributed by atoms with Crippen LogP contribution in [-0.4, -0.2) is 18.9 Å². The van der Waals surface area contributed by atoms with E-state index in [1.165, 1.54) is 65.7 Å². The molecule has 5 heterocycles. The SMILES string of the molecule is c1ccc(-c2ccc(-c3nc(-n4c5ccc(-c6ccccc6)cc5c5c6c7ccccc7n7c8ccc(-c9ccccc9)cc8c(cc54)c67)nc4c3oc3ccccc34)cc2)cc1. The predicted molar refractivity (Wildman–Crippen MR) is 260 cm³/mol. The van der Waals surface area contributed by atoms with E-state index in [9.17, 15) is 0 Å². The number of hydrogen-bond donors (Lipinski definition) is 0. The highest BCUT2D eigenvalue weighted by Gasteiger charge is 2.27. The van der Waals surface area contributed by atoms with Crippen LogP contribution in [0.3, 0.4) is 0 Å². The highest BCUT2D eigenvalue weighted by molar-refractivity contribution is 6.36. The number of benzene rings is 9. The Morgan fingerprint density at radius 1 is 0.349 bits per heavy atom. The van der Waals surface area contributed by atoms with Crippen LogP contribution in [0.25, 0.3) is 133 Å². The Morgan fingerprint density at radius 3 is 1.60 bits per heavy atom. The molecule has 0 atom stereocenters. The molecule has 0 unspecified atom stereocenters. The maximum atomic E-state index is 6.65. The molecule has 14 aromatic rings. The zero-order chi connectivity index (χ0) is 41.2. The number of fused-ring (bicyclic) bond motifs is 13. The van der Waals surface area contributed by atoms with Crippen molar-refractivity contribution in [3.05, 3.63) is 206 Å². The van der Waals surface area contributed by atoms with Gasteiger partial charge < -0.3 is 8.82 Å². The second kappa shape index (κ2) is 13.0. The summed E-state index contributed by atoms with van der Waals surface area (Å²) in [6, 6.07) is 73.6. The summed E-state index contributed by atoms with van der Waals surface area (Å²) in [5.74, 6) is 0.593.